The standard InChI is InChI=1S/C22H22N2O/c1-4-6-7-16-13(3)20-17-8-14-11-25-12-15(14)9-18(17)21(16)22(24-5-2)19(20)10-23/h4,6-12,20-21,23-24H,1,5H2,2-3H3/b7-6-,23-10?. The summed E-state index contributed by atoms with van der Waals surface area (Å²) in [6.07, 6.45) is 11.1. The van der Waals surface area contributed by atoms with E-state index in [9.17, 15) is 0 Å². The maximum atomic E-state index is 8.03. The van der Waals surface area contributed by atoms with Gasteiger partial charge in [0.25, 0.3) is 0 Å². The summed E-state index contributed by atoms with van der Waals surface area (Å²) in [5.74, 6) is 0.252. The highest BCUT2D eigenvalue weighted by Crippen LogP contribution is 2.55. The predicted octanol–water partition coefficient (Wildman–Crippen LogP) is 5.20. The number of hydrogen-bond acceptors (Lipinski definition) is 3. The Morgan fingerprint density at radius 1 is 1.16 bits per heavy atom. The van der Waals surface area contributed by atoms with Gasteiger partial charge in [0, 0.05) is 46.6 Å². The van der Waals surface area contributed by atoms with Gasteiger partial charge in [0.05, 0.1) is 12.5 Å². The molecule has 3 heteroatoms. The maximum Gasteiger partial charge on any atom is 0.0981 e. The molecule has 0 amide bonds. The number of benzene rings is 1. The average molecular weight is 330 g/mol. The number of rotatable bonds is 5. The summed E-state index contributed by atoms with van der Waals surface area (Å²) in [5, 5.41) is 13.8. The normalized spacial score (nSPS) is 22.0. The Balaban J connectivity index is 2.01. The van der Waals surface area contributed by atoms with Crippen molar-refractivity contribution in [3.05, 3.63) is 83.0 Å². The van der Waals surface area contributed by atoms with Crippen LogP contribution in [-0.4, -0.2) is 12.8 Å². The van der Waals surface area contributed by atoms with Gasteiger partial charge in [-0.3, -0.25) is 0 Å². The van der Waals surface area contributed by atoms with Crippen molar-refractivity contribution >= 4 is 17.0 Å². The molecule has 0 saturated carbocycles. The second kappa shape index (κ2) is 5.92. The molecule has 1 aromatic carbocycles. The van der Waals surface area contributed by atoms with E-state index in [1.807, 2.05) is 18.4 Å². The van der Waals surface area contributed by atoms with Crippen LogP contribution in [-0.2, 0) is 0 Å². The zero-order valence-corrected chi connectivity index (χ0v) is 14.6. The summed E-state index contributed by atoms with van der Waals surface area (Å²) in [6.45, 7) is 8.95. The minimum absolute atomic E-state index is 0.121. The fourth-order valence-corrected chi connectivity index (χ4v) is 4.34. The van der Waals surface area contributed by atoms with E-state index in [0.717, 1.165) is 28.6 Å². The Morgan fingerprint density at radius 2 is 1.84 bits per heavy atom. The molecule has 2 unspecified atom stereocenters. The maximum absolute atomic E-state index is 8.03. The van der Waals surface area contributed by atoms with Crippen molar-refractivity contribution in [2.24, 2.45) is 0 Å². The lowest BCUT2D eigenvalue weighted by atomic mass is 9.63. The Kier molecular flexibility index (Phi) is 3.72. The summed E-state index contributed by atoms with van der Waals surface area (Å²) in [7, 11) is 0. The molecule has 2 atom stereocenters. The number of fused-ring (bicyclic) bond motifs is 1. The molecule has 2 N–H and O–H groups in total. The topological polar surface area (TPSA) is 49.0 Å². The highest BCUT2D eigenvalue weighted by atomic mass is 16.3. The molecule has 3 aliphatic rings. The van der Waals surface area contributed by atoms with Crippen LogP contribution in [0.25, 0.3) is 10.8 Å². The van der Waals surface area contributed by atoms with Crippen LogP contribution in [0, 0.1) is 5.41 Å². The molecule has 3 nitrogen and oxygen atoms in total. The van der Waals surface area contributed by atoms with Gasteiger partial charge in [0.1, 0.15) is 0 Å². The van der Waals surface area contributed by atoms with Crippen molar-refractivity contribution in [2.45, 2.75) is 25.7 Å². The predicted molar refractivity (Wildman–Crippen MR) is 103 cm³/mol. The van der Waals surface area contributed by atoms with Crippen molar-refractivity contribution in [3.63, 3.8) is 0 Å². The summed E-state index contributed by atoms with van der Waals surface area (Å²) >= 11 is 0. The van der Waals surface area contributed by atoms with E-state index in [1.165, 1.54) is 28.5 Å². The molecule has 0 aliphatic heterocycles. The lowest BCUT2D eigenvalue weighted by molar-refractivity contribution is 0.572. The van der Waals surface area contributed by atoms with Crippen molar-refractivity contribution in [2.75, 3.05) is 6.54 Å². The van der Waals surface area contributed by atoms with Crippen LogP contribution < -0.4 is 5.32 Å². The lowest BCUT2D eigenvalue weighted by Gasteiger charge is -2.43. The fraction of sp³-hybridized carbons (Fsp3) is 0.227. The van der Waals surface area contributed by atoms with E-state index in [-0.39, 0.29) is 11.8 Å². The fourth-order valence-electron chi connectivity index (χ4n) is 4.34. The third kappa shape index (κ3) is 2.15. The van der Waals surface area contributed by atoms with Gasteiger partial charge >= 0.3 is 0 Å². The Hall–Kier alpha value is -2.81. The summed E-state index contributed by atoms with van der Waals surface area (Å²) in [5.41, 5.74) is 7.48. The smallest absolute Gasteiger partial charge is 0.0981 e. The molecule has 0 radical (unpaired) electrons. The van der Waals surface area contributed by atoms with Gasteiger partial charge in [-0.1, -0.05) is 30.4 Å². The summed E-state index contributed by atoms with van der Waals surface area (Å²) < 4.78 is 5.41. The molecule has 2 bridgehead atoms. The third-order valence-electron chi connectivity index (χ3n) is 5.35. The van der Waals surface area contributed by atoms with Gasteiger partial charge in [-0.25, -0.2) is 0 Å². The minimum Gasteiger partial charge on any atom is -0.471 e. The lowest BCUT2D eigenvalue weighted by Crippen LogP contribution is -2.34. The van der Waals surface area contributed by atoms with E-state index >= 15 is 0 Å². The molecule has 3 aliphatic carbocycles. The van der Waals surface area contributed by atoms with E-state index in [0.29, 0.717) is 0 Å². The van der Waals surface area contributed by atoms with Crippen molar-refractivity contribution in [3.8, 4) is 0 Å². The molecule has 2 aromatic rings. The van der Waals surface area contributed by atoms with Crippen LogP contribution in [0.5, 0.6) is 0 Å². The van der Waals surface area contributed by atoms with Gasteiger partial charge in [-0.05, 0) is 42.7 Å². The monoisotopic (exact) mass is 330 g/mol. The summed E-state index contributed by atoms with van der Waals surface area (Å²) in [6, 6.07) is 4.48. The molecular weight excluding hydrogens is 308 g/mol. The quantitative estimate of drug-likeness (QED) is 0.585. The van der Waals surface area contributed by atoms with Gasteiger partial charge < -0.3 is 15.1 Å². The van der Waals surface area contributed by atoms with Crippen LogP contribution >= 0.6 is 0 Å². The largest absolute Gasteiger partial charge is 0.471 e. The zero-order chi connectivity index (χ0) is 17.6. The second-order valence-corrected chi connectivity index (χ2v) is 6.62. The minimum atomic E-state index is 0.121. The molecular formula is C22H22N2O. The Morgan fingerprint density at radius 3 is 2.44 bits per heavy atom. The molecule has 126 valence electrons. The van der Waals surface area contributed by atoms with Gasteiger partial charge in [-0.2, -0.15) is 0 Å². The number of furan rings is 1. The molecule has 25 heavy (non-hydrogen) atoms. The average Bonchev–Trinajstić information content (AvgIpc) is 3.07. The highest BCUT2D eigenvalue weighted by Gasteiger charge is 2.42. The first-order valence-corrected chi connectivity index (χ1v) is 8.69. The van der Waals surface area contributed by atoms with Crippen LogP contribution in [0.3, 0.4) is 0 Å². The van der Waals surface area contributed by atoms with Crippen LogP contribution in [0.15, 0.2) is 76.3 Å². The van der Waals surface area contributed by atoms with Crippen molar-refractivity contribution in [1.82, 2.24) is 5.32 Å². The van der Waals surface area contributed by atoms with E-state index < -0.39 is 0 Å². The Labute approximate surface area is 147 Å². The highest BCUT2D eigenvalue weighted by molar-refractivity contribution is 5.90. The summed E-state index contributed by atoms with van der Waals surface area (Å²) in [4.78, 5) is 0. The van der Waals surface area contributed by atoms with Crippen LogP contribution in [0.2, 0.25) is 0 Å². The van der Waals surface area contributed by atoms with Crippen LogP contribution in [0.1, 0.15) is 36.8 Å². The second-order valence-electron chi connectivity index (χ2n) is 6.62. The van der Waals surface area contributed by atoms with Crippen molar-refractivity contribution < 1.29 is 4.42 Å². The van der Waals surface area contributed by atoms with Gasteiger partial charge in [-0.15, -0.1) is 0 Å². The molecule has 1 heterocycles. The Bertz CT molecular complexity index is 971. The molecule has 5 rings (SSSR count). The zero-order valence-electron chi connectivity index (χ0n) is 14.6. The number of nitrogens with one attached hydrogen (secondary N) is 2. The first kappa shape index (κ1) is 15.7. The van der Waals surface area contributed by atoms with E-state index in [2.05, 4.69) is 44.0 Å². The van der Waals surface area contributed by atoms with Gasteiger partial charge in [0.15, 0.2) is 0 Å². The van der Waals surface area contributed by atoms with E-state index in [4.69, 9.17) is 9.83 Å². The SMILES string of the molecule is C=C/C=C\C1=C(C)C2C(C=N)=C(NCC)C1c1cc3cocc3cc12. The first-order chi connectivity index (χ1) is 12.2. The van der Waals surface area contributed by atoms with Gasteiger partial charge in [0.2, 0.25) is 0 Å². The number of likely N-dealkylation sites (N-methyl/N-ethyl adjacent to an activating group) is 1. The molecule has 1 aromatic heterocycles. The van der Waals surface area contributed by atoms with Crippen molar-refractivity contribution in [1.29, 1.82) is 5.41 Å². The van der Waals surface area contributed by atoms with Crippen LogP contribution in [0.4, 0.5) is 0 Å². The molecule has 0 fully saturated rings. The molecule has 0 saturated heterocycles. The number of hydrogen-bond donors (Lipinski definition) is 2. The third-order valence-corrected chi connectivity index (χ3v) is 5.35. The molecule has 0 spiro atoms. The first-order valence-electron chi connectivity index (χ1n) is 8.69. The van der Waals surface area contributed by atoms with E-state index in [1.54, 1.807) is 6.26 Å². The number of allylic oxidation sites excluding steroid dienone is 6.